The molecule has 3 aromatic rings. The average Bonchev–Trinajstić information content (AvgIpc) is 3.15. The number of carbonyl (C=O) groups is 1. The summed E-state index contributed by atoms with van der Waals surface area (Å²) in [4.78, 5) is 17.5. The maximum absolute atomic E-state index is 13.0. The van der Waals surface area contributed by atoms with Crippen LogP contribution >= 0.6 is 11.3 Å². The number of methoxy groups -OCH3 is 1. The second-order valence-electron chi connectivity index (χ2n) is 5.99. The van der Waals surface area contributed by atoms with E-state index in [9.17, 15) is 19.6 Å². The van der Waals surface area contributed by atoms with E-state index < -0.39 is 5.91 Å². The number of aromatic hydroxyl groups is 1. The summed E-state index contributed by atoms with van der Waals surface area (Å²) < 4.78 is 18.0. The van der Waals surface area contributed by atoms with Crippen LogP contribution < -0.4 is 10.1 Å². The van der Waals surface area contributed by atoms with E-state index in [-0.39, 0.29) is 22.9 Å². The Labute approximate surface area is 170 Å². The summed E-state index contributed by atoms with van der Waals surface area (Å²) in [6.07, 6.45) is 3.58. The van der Waals surface area contributed by atoms with Crippen LogP contribution in [0.3, 0.4) is 0 Å². The molecule has 3 rings (SSSR count). The van der Waals surface area contributed by atoms with Gasteiger partial charge in [-0.05, 0) is 41.5 Å². The first-order valence-electron chi connectivity index (χ1n) is 8.48. The van der Waals surface area contributed by atoms with Crippen LogP contribution in [0.5, 0.6) is 11.5 Å². The molecule has 0 fully saturated rings. The first-order chi connectivity index (χ1) is 14.0. The van der Waals surface area contributed by atoms with Gasteiger partial charge < -0.3 is 9.84 Å². The fourth-order valence-electron chi connectivity index (χ4n) is 2.51. The number of anilines is 1. The zero-order valence-corrected chi connectivity index (χ0v) is 16.2. The smallest absolute Gasteiger partial charge is 0.268 e. The number of halogens is 1. The number of rotatable bonds is 6. The standard InChI is InChI=1S/C21H16FN3O3S/c1-28-19-10-14(4-7-18(19)26)8-15(11-23)20(27)25-21-24-12-17(29-21)9-13-2-5-16(22)6-3-13/h2-8,10,12,26H,9H2,1H3,(H,24,25,27). The number of thiazole rings is 1. The van der Waals surface area contributed by atoms with Crippen LogP contribution in [-0.4, -0.2) is 23.1 Å². The molecule has 2 aromatic carbocycles. The van der Waals surface area contributed by atoms with E-state index in [2.05, 4.69) is 10.3 Å². The maximum atomic E-state index is 13.0. The van der Waals surface area contributed by atoms with Crippen LogP contribution in [0.2, 0.25) is 0 Å². The number of amides is 1. The van der Waals surface area contributed by atoms with Gasteiger partial charge in [0.1, 0.15) is 17.5 Å². The van der Waals surface area contributed by atoms with Crippen molar-refractivity contribution in [2.45, 2.75) is 6.42 Å². The molecule has 0 aliphatic heterocycles. The van der Waals surface area contributed by atoms with E-state index in [1.165, 1.54) is 48.8 Å². The quantitative estimate of drug-likeness (QED) is 0.471. The molecule has 8 heteroatoms. The molecule has 0 unspecified atom stereocenters. The normalized spacial score (nSPS) is 11.0. The van der Waals surface area contributed by atoms with Gasteiger partial charge in [0.2, 0.25) is 0 Å². The first kappa shape index (κ1) is 20.0. The van der Waals surface area contributed by atoms with Gasteiger partial charge in [-0.3, -0.25) is 10.1 Å². The molecule has 0 atom stereocenters. The molecule has 2 N–H and O–H groups in total. The molecular weight excluding hydrogens is 393 g/mol. The summed E-state index contributed by atoms with van der Waals surface area (Å²) in [6.45, 7) is 0. The number of hydrogen-bond acceptors (Lipinski definition) is 6. The number of benzene rings is 2. The number of nitrogens with one attached hydrogen (secondary N) is 1. The zero-order chi connectivity index (χ0) is 20.8. The Bertz CT molecular complexity index is 1100. The minimum atomic E-state index is -0.595. The summed E-state index contributed by atoms with van der Waals surface area (Å²) in [7, 11) is 1.41. The van der Waals surface area contributed by atoms with E-state index in [0.717, 1.165) is 10.4 Å². The van der Waals surface area contributed by atoms with Gasteiger partial charge in [0.25, 0.3) is 5.91 Å². The van der Waals surface area contributed by atoms with Crippen molar-refractivity contribution in [1.29, 1.82) is 5.26 Å². The predicted molar refractivity (Wildman–Crippen MR) is 108 cm³/mol. The fourth-order valence-corrected chi connectivity index (χ4v) is 3.36. The lowest BCUT2D eigenvalue weighted by Gasteiger charge is -2.04. The number of nitrogens with zero attached hydrogens (tertiary/aromatic N) is 2. The summed E-state index contributed by atoms with van der Waals surface area (Å²) in [5.74, 6) is -0.693. The highest BCUT2D eigenvalue weighted by atomic mass is 32.1. The first-order valence-corrected chi connectivity index (χ1v) is 9.29. The van der Waals surface area contributed by atoms with Gasteiger partial charge in [0.05, 0.1) is 7.11 Å². The molecule has 0 radical (unpaired) electrons. The van der Waals surface area contributed by atoms with Gasteiger partial charge in [-0.1, -0.05) is 18.2 Å². The van der Waals surface area contributed by atoms with Crippen LogP contribution in [0.1, 0.15) is 16.0 Å². The van der Waals surface area contributed by atoms with Gasteiger partial charge in [0.15, 0.2) is 16.6 Å². The van der Waals surface area contributed by atoms with E-state index in [1.807, 2.05) is 6.07 Å². The lowest BCUT2D eigenvalue weighted by molar-refractivity contribution is -0.112. The van der Waals surface area contributed by atoms with Gasteiger partial charge in [-0.2, -0.15) is 5.26 Å². The SMILES string of the molecule is COc1cc(C=C(C#N)C(=O)Nc2ncc(Cc3ccc(F)cc3)s2)ccc1O. The molecule has 0 aliphatic rings. The molecule has 1 aromatic heterocycles. The van der Waals surface area contributed by atoms with Crippen molar-refractivity contribution in [3.05, 3.63) is 76.1 Å². The highest BCUT2D eigenvalue weighted by molar-refractivity contribution is 7.15. The Morgan fingerprint density at radius 3 is 2.79 bits per heavy atom. The third-order valence-electron chi connectivity index (χ3n) is 3.95. The van der Waals surface area contributed by atoms with E-state index in [0.29, 0.717) is 17.1 Å². The number of phenols is 1. The van der Waals surface area contributed by atoms with E-state index in [1.54, 1.807) is 24.4 Å². The van der Waals surface area contributed by atoms with Crippen molar-refractivity contribution in [1.82, 2.24) is 4.98 Å². The molecule has 146 valence electrons. The largest absolute Gasteiger partial charge is 0.504 e. The summed E-state index contributed by atoms with van der Waals surface area (Å²) in [5.41, 5.74) is 1.34. The highest BCUT2D eigenvalue weighted by Crippen LogP contribution is 2.27. The monoisotopic (exact) mass is 409 g/mol. The molecule has 6 nitrogen and oxygen atoms in total. The molecule has 29 heavy (non-hydrogen) atoms. The molecular formula is C21H16FN3O3S. The molecule has 1 amide bonds. The second-order valence-corrected chi connectivity index (χ2v) is 7.11. The van der Waals surface area contributed by atoms with Crippen LogP contribution in [-0.2, 0) is 11.2 Å². The topological polar surface area (TPSA) is 95.2 Å². The summed E-state index contributed by atoms with van der Waals surface area (Å²) in [6, 6.07) is 12.5. The Morgan fingerprint density at radius 2 is 2.10 bits per heavy atom. The van der Waals surface area contributed by atoms with Crippen LogP contribution in [0.25, 0.3) is 6.08 Å². The Morgan fingerprint density at radius 1 is 1.34 bits per heavy atom. The molecule has 0 saturated carbocycles. The number of phenolic OH excluding ortho intramolecular Hbond substituents is 1. The van der Waals surface area contributed by atoms with E-state index >= 15 is 0 Å². The number of hydrogen-bond donors (Lipinski definition) is 2. The number of aromatic nitrogens is 1. The fraction of sp³-hybridized carbons (Fsp3) is 0.0952. The minimum absolute atomic E-state index is 0.0379. The molecule has 1 heterocycles. The van der Waals surface area contributed by atoms with Crippen LogP contribution in [0.4, 0.5) is 9.52 Å². The predicted octanol–water partition coefficient (Wildman–Crippen LogP) is 4.13. The Balaban J connectivity index is 1.71. The second kappa shape index (κ2) is 8.99. The minimum Gasteiger partial charge on any atom is -0.504 e. The molecule has 0 aliphatic carbocycles. The molecule has 0 bridgehead atoms. The number of carbonyl (C=O) groups excluding carboxylic acids is 1. The van der Waals surface area contributed by atoms with Crippen molar-refractivity contribution >= 4 is 28.5 Å². The van der Waals surface area contributed by atoms with Crippen LogP contribution in [0.15, 0.2) is 54.2 Å². The average molecular weight is 409 g/mol. The van der Waals surface area contributed by atoms with Crippen molar-refractivity contribution < 1.29 is 19.0 Å². The maximum Gasteiger partial charge on any atom is 0.268 e. The van der Waals surface area contributed by atoms with Crippen LogP contribution in [0, 0.1) is 17.1 Å². The van der Waals surface area contributed by atoms with Crippen molar-refractivity contribution in [2.24, 2.45) is 0 Å². The van der Waals surface area contributed by atoms with Gasteiger partial charge in [-0.25, -0.2) is 9.37 Å². The number of nitriles is 1. The molecule has 0 saturated heterocycles. The Hall–Kier alpha value is -3.70. The van der Waals surface area contributed by atoms with Gasteiger partial charge in [-0.15, -0.1) is 11.3 Å². The van der Waals surface area contributed by atoms with Crippen molar-refractivity contribution in [2.75, 3.05) is 12.4 Å². The summed E-state index contributed by atoms with van der Waals surface area (Å²) >= 11 is 1.28. The molecule has 0 spiro atoms. The van der Waals surface area contributed by atoms with Gasteiger partial charge >= 0.3 is 0 Å². The van der Waals surface area contributed by atoms with Crippen molar-refractivity contribution in [3.8, 4) is 17.6 Å². The number of ether oxygens (including phenoxy) is 1. The lowest BCUT2D eigenvalue weighted by Crippen LogP contribution is -2.13. The third kappa shape index (κ3) is 5.18. The highest BCUT2D eigenvalue weighted by Gasteiger charge is 2.13. The van der Waals surface area contributed by atoms with E-state index in [4.69, 9.17) is 4.74 Å². The third-order valence-corrected chi connectivity index (χ3v) is 4.86. The lowest BCUT2D eigenvalue weighted by atomic mass is 10.1. The van der Waals surface area contributed by atoms with Crippen molar-refractivity contribution in [3.63, 3.8) is 0 Å². The van der Waals surface area contributed by atoms with Gasteiger partial charge in [0, 0.05) is 17.5 Å². The Kier molecular flexibility index (Phi) is 6.22. The summed E-state index contributed by atoms with van der Waals surface area (Å²) in [5, 5.41) is 21.9. The zero-order valence-electron chi connectivity index (χ0n) is 15.3.